The summed E-state index contributed by atoms with van der Waals surface area (Å²) >= 11 is 3.36. The highest BCUT2D eigenvalue weighted by atomic mass is 79.9. The lowest BCUT2D eigenvalue weighted by molar-refractivity contribution is 0.535. The second-order valence-corrected chi connectivity index (χ2v) is 4.74. The van der Waals surface area contributed by atoms with Crippen LogP contribution >= 0.6 is 15.9 Å². The van der Waals surface area contributed by atoms with E-state index in [9.17, 15) is 0 Å². The molecule has 0 spiro atoms. The summed E-state index contributed by atoms with van der Waals surface area (Å²) in [6.45, 7) is 6.40. The number of nitrogens with one attached hydrogen (secondary N) is 1. The maximum Gasteiger partial charge on any atom is 0.0542 e. The van der Waals surface area contributed by atoms with E-state index in [1.54, 1.807) is 0 Å². The molecular weight excluding hydrogens is 240 g/mol. The van der Waals surface area contributed by atoms with Crippen LogP contribution in [0.2, 0.25) is 0 Å². The molecule has 0 unspecified atom stereocenters. The highest BCUT2D eigenvalue weighted by Gasteiger charge is 1.95. The van der Waals surface area contributed by atoms with Crippen molar-refractivity contribution >= 4 is 15.9 Å². The number of nitrogens with zero attached hydrogens (tertiary/aromatic N) is 1. The predicted octanol–water partition coefficient (Wildman–Crippen LogP) is 2.98. The minimum absolute atomic E-state index is 0.764. The number of hydrogen-bond acceptors (Lipinski definition) is 2. The van der Waals surface area contributed by atoms with Crippen LogP contribution in [-0.4, -0.2) is 11.5 Å². The molecule has 0 aliphatic heterocycles. The zero-order chi connectivity index (χ0) is 10.4. The summed E-state index contributed by atoms with van der Waals surface area (Å²) in [5.41, 5.74) is 1.09. The van der Waals surface area contributed by atoms with E-state index in [0.717, 1.165) is 29.2 Å². The van der Waals surface area contributed by atoms with E-state index in [2.05, 4.69) is 40.1 Å². The van der Waals surface area contributed by atoms with Crippen LogP contribution < -0.4 is 5.32 Å². The summed E-state index contributed by atoms with van der Waals surface area (Å²) in [5.74, 6) is 0.764. The molecule has 0 radical (unpaired) electrons. The van der Waals surface area contributed by atoms with Crippen LogP contribution in [0.3, 0.4) is 0 Å². The molecule has 1 aromatic heterocycles. The molecule has 1 N–H and O–H groups in total. The smallest absolute Gasteiger partial charge is 0.0542 e. The zero-order valence-corrected chi connectivity index (χ0v) is 10.3. The lowest BCUT2D eigenvalue weighted by Crippen LogP contribution is -2.16. The highest BCUT2D eigenvalue weighted by molar-refractivity contribution is 9.10. The van der Waals surface area contributed by atoms with Crippen LogP contribution in [0, 0.1) is 5.92 Å². The summed E-state index contributed by atoms with van der Waals surface area (Å²) in [7, 11) is 0. The number of halogens is 1. The van der Waals surface area contributed by atoms with E-state index in [0.29, 0.717) is 0 Å². The van der Waals surface area contributed by atoms with Gasteiger partial charge in [0.05, 0.1) is 5.69 Å². The van der Waals surface area contributed by atoms with Gasteiger partial charge in [0.15, 0.2) is 0 Å². The van der Waals surface area contributed by atoms with Crippen molar-refractivity contribution in [2.45, 2.75) is 26.8 Å². The first-order valence-electron chi connectivity index (χ1n) is 4.99. The monoisotopic (exact) mass is 256 g/mol. The molecule has 1 aromatic rings. The molecule has 0 aliphatic rings. The van der Waals surface area contributed by atoms with Gasteiger partial charge in [-0.15, -0.1) is 0 Å². The quantitative estimate of drug-likeness (QED) is 0.820. The normalized spacial score (nSPS) is 10.9. The molecule has 14 heavy (non-hydrogen) atoms. The fraction of sp³-hybridized carbons (Fsp3) is 0.545. The second-order valence-electron chi connectivity index (χ2n) is 3.83. The Labute approximate surface area is 94.3 Å². The Morgan fingerprint density at radius 3 is 2.79 bits per heavy atom. The third kappa shape index (κ3) is 4.72. The van der Waals surface area contributed by atoms with E-state index >= 15 is 0 Å². The molecule has 0 fully saturated rings. The molecular formula is C11H17BrN2. The van der Waals surface area contributed by atoms with Gasteiger partial charge in [-0.25, -0.2) is 0 Å². The minimum atomic E-state index is 0.764. The molecule has 1 heterocycles. The summed E-state index contributed by atoms with van der Waals surface area (Å²) in [6, 6.07) is 4.05. The summed E-state index contributed by atoms with van der Waals surface area (Å²) in [4.78, 5) is 4.29. The summed E-state index contributed by atoms with van der Waals surface area (Å²) in [5, 5.41) is 3.37. The molecule has 1 rings (SSSR count). The first kappa shape index (κ1) is 11.7. The Kier molecular flexibility index (Phi) is 5.12. The SMILES string of the molecule is CC(C)CCNCc1ccc(Br)cn1. The average molecular weight is 257 g/mol. The third-order valence-corrected chi connectivity index (χ3v) is 2.46. The van der Waals surface area contributed by atoms with Gasteiger partial charge in [0.25, 0.3) is 0 Å². The van der Waals surface area contributed by atoms with Gasteiger partial charge in [0.1, 0.15) is 0 Å². The second kappa shape index (κ2) is 6.14. The number of aromatic nitrogens is 1. The topological polar surface area (TPSA) is 24.9 Å². The Morgan fingerprint density at radius 2 is 2.21 bits per heavy atom. The molecule has 2 nitrogen and oxygen atoms in total. The lowest BCUT2D eigenvalue weighted by Gasteiger charge is -2.06. The molecule has 78 valence electrons. The summed E-state index contributed by atoms with van der Waals surface area (Å²) in [6.07, 6.45) is 3.05. The summed E-state index contributed by atoms with van der Waals surface area (Å²) < 4.78 is 1.03. The third-order valence-electron chi connectivity index (χ3n) is 1.99. The lowest BCUT2D eigenvalue weighted by atomic mass is 10.1. The molecule has 0 aromatic carbocycles. The van der Waals surface area contributed by atoms with Crippen molar-refractivity contribution in [1.29, 1.82) is 0 Å². The standard InChI is InChI=1S/C11H17BrN2/c1-9(2)5-6-13-8-11-4-3-10(12)7-14-11/h3-4,7,9,13H,5-6,8H2,1-2H3. The predicted molar refractivity (Wildman–Crippen MR) is 63.1 cm³/mol. The van der Waals surface area contributed by atoms with Gasteiger partial charge in [-0.2, -0.15) is 0 Å². The fourth-order valence-corrected chi connectivity index (χ4v) is 1.35. The minimum Gasteiger partial charge on any atom is -0.311 e. The molecule has 0 saturated carbocycles. The van der Waals surface area contributed by atoms with Gasteiger partial charge < -0.3 is 5.32 Å². The van der Waals surface area contributed by atoms with Gasteiger partial charge in [-0.1, -0.05) is 13.8 Å². The first-order chi connectivity index (χ1) is 6.68. The van der Waals surface area contributed by atoms with Crippen molar-refractivity contribution in [3.05, 3.63) is 28.5 Å². The van der Waals surface area contributed by atoms with Crippen LogP contribution in [0.4, 0.5) is 0 Å². The number of hydrogen-bond donors (Lipinski definition) is 1. The van der Waals surface area contributed by atoms with Crippen molar-refractivity contribution in [3.8, 4) is 0 Å². The Balaban J connectivity index is 2.21. The van der Waals surface area contributed by atoms with Gasteiger partial charge in [-0.05, 0) is 46.9 Å². The van der Waals surface area contributed by atoms with Crippen molar-refractivity contribution < 1.29 is 0 Å². The van der Waals surface area contributed by atoms with E-state index in [1.165, 1.54) is 6.42 Å². The van der Waals surface area contributed by atoms with Gasteiger partial charge in [0, 0.05) is 17.2 Å². The van der Waals surface area contributed by atoms with Crippen molar-refractivity contribution in [2.24, 2.45) is 5.92 Å². The Hall–Kier alpha value is -0.410. The molecule has 0 saturated heterocycles. The van der Waals surface area contributed by atoms with E-state index < -0.39 is 0 Å². The fourth-order valence-electron chi connectivity index (χ4n) is 1.12. The van der Waals surface area contributed by atoms with Crippen molar-refractivity contribution in [2.75, 3.05) is 6.54 Å². The molecule has 3 heteroatoms. The Morgan fingerprint density at radius 1 is 1.43 bits per heavy atom. The molecule has 0 aliphatic carbocycles. The zero-order valence-electron chi connectivity index (χ0n) is 8.76. The average Bonchev–Trinajstić information content (AvgIpc) is 2.15. The van der Waals surface area contributed by atoms with E-state index in [1.807, 2.05) is 18.3 Å². The number of rotatable bonds is 5. The van der Waals surface area contributed by atoms with Gasteiger partial charge in [0.2, 0.25) is 0 Å². The van der Waals surface area contributed by atoms with Gasteiger partial charge >= 0.3 is 0 Å². The number of pyridine rings is 1. The molecule has 0 amide bonds. The maximum absolute atomic E-state index is 4.29. The molecule has 0 bridgehead atoms. The van der Waals surface area contributed by atoms with E-state index in [4.69, 9.17) is 0 Å². The molecule has 0 atom stereocenters. The van der Waals surface area contributed by atoms with Crippen LogP contribution in [0.5, 0.6) is 0 Å². The van der Waals surface area contributed by atoms with E-state index in [-0.39, 0.29) is 0 Å². The van der Waals surface area contributed by atoms with Crippen LogP contribution in [0.1, 0.15) is 26.0 Å². The largest absolute Gasteiger partial charge is 0.311 e. The van der Waals surface area contributed by atoms with Crippen molar-refractivity contribution in [3.63, 3.8) is 0 Å². The Bertz CT molecular complexity index is 256. The maximum atomic E-state index is 4.29. The van der Waals surface area contributed by atoms with Crippen LogP contribution in [0.25, 0.3) is 0 Å². The van der Waals surface area contributed by atoms with Crippen LogP contribution in [0.15, 0.2) is 22.8 Å². The van der Waals surface area contributed by atoms with Crippen LogP contribution in [-0.2, 0) is 6.54 Å². The van der Waals surface area contributed by atoms with Gasteiger partial charge in [-0.3, -0.25) is 4.98 Å². The highest BCUT2D eigenvalue weighted by Crippen LogP contribution is 2.07. The van der Waals surface area contributed by atoms with Crippen molar-refractivity contribution in [1.82, 2.24) is 10.3 Å². The first-order valence-corrected chi connectivity index (χ1v) is 5.79.